The smallest absolute Gasteiger partial charge is 0.200 e. The van der Waals surface area contributed by atoms with Gasteiger partial charge in [-0.25, -0.2) is 4.98 Å². The van der Waals surface area contributed by atoms with Crippen molar-refractivity contribution in [2.45, 2.75) is 38.0 Å². The Balaban J connectivity index is 1.75. The molecule has 5 nitrogen and oxygen atoms in total. The van der Waals surface area contributed by atoms with Crippen molar-refractivity contribution in [3.8, 4) is 0 Å². The number of hydrogen-bond acceptors (Lipinski definition) is 5. The van der Waals surface area contributed by atoms with Crippen LogP contribution in [-0.4, -0.2) is 38.3 Å². The lowest BCUT2D eigenvalue weighted by Gasteiger charge is -2.35. The lowest BCUT2D eigenvalue weighted by molar-refractivity contribution is -0.108. The summed E-state index contributed by atoms with van der Waals surface area (Å²) in [6.45, 7) is 2.27. The molecular formula is C16H25N3O2. The van der Waals surface area contributed by atoms with Crippen LogP contribution in [0.1, 0.15) is 36.8 Å². The van der Waals surface area contributed by atoms with Gasteiger partial charge in [0.25, 0.3) is 0 Å². The minimum Gasteiger partial charge on any atom is -0.367 e. The summed E-state index contributed by atoms with van der Waals surface area (Å²) in [7, 11) is 3.28. The number of hydrogen-bond donors (Lipinski definition) is 2. The minimum atomic E-state index is -0.392. The molecule has 1 saturated heterocycles. The van der Waals surface area contributed by atoms with Crippen molar-refractivity contribution in [1.29, 1.82) is 0 Å². The minimum absolute atomic E-state index is 0.392. The number of aryl methyl sites for hydroxylation is 1. The van der Waals surface area contributed by atoms with E-state index in [1.165, 1.54) is 24.8 Å². The Morgan fingerprint density at radius 3 is 2.62 bits per heavy atom. The van der Waals surface area contributed by atoms with Crippen LogP contribution in [-0.2, 0) is 15.9 Å². The van der Waals surface area contributed by atoms with Crippen LogP contribution in [0.3, 0.4) is 0 Å². The van der Waals surface area contributed by atoms with Crippen molar-refractivity contribution in [3.05, 3.63) is 23.4 Å². The summed E-state index contributed by atoms with van der Waals surface area (Å²) in [4.78, 5) is 4.72. The summed E-state index contributed by atoms with van der Waals surface area (Å²) in [5.74, 6) is 1.77. The van der Waals surface area contributed by atoms with Gasteiger partial charge in [0.05, 0.1) is 5.69 Å². The van der Waals surface area contributed by atoms with Crippen molar-refractivity contribution < 1.29 is 9.47 Å². The maximum atomic E-state index is 5.30. The molecule has 2 N–H and O–H groups in total. The number of rotatable bonds is 4. The number of piperidine rings is 1. The van der Waals surface area contributed by atoms with E-state index in [0.717, 1.165) is 36.9 Å². The second kappa shape index (κ2) is 6.73. The quantitative estimate of drug-likeness (QED) is 0.832. The maximum Gasteiger partial charge on any atom is 0.200 e. The molecule has 0 radical (unpaired) electrons. The summed E-state index contributed by atoms with van der Waals surface area (Å²) in [5, 5.41) is 7.10. The first-order valence-corrected chi connectivity index (χ1v) is 7.84. The number of nitrogens with zero attached hydrogens (tertiary/aromatic N) is 1. The Morgan fingerprint density at radius 2 is 1.90 bits per heavy atom. The largest absolute Gasteiger partial charge is 0.367 e. The predicted molar refractivity (Wildman–Crippen MR) is 82.3 cm³/mol. The van der Waals surface area contributed by atoms with Crippen molar-refractivity contribution in [2.75, 3.05) is 32.6 Å². The number of aromatic nitrogens is 1. The van der Waals surface area contributed by atoms with Crippen molar-refractivity contribution in [3.63, 3.8) is 0 Å². The number of pyridine rings is 1. The second-order valence-corrected chi connectivity index (χ2v) is 5.92. The zero-order valence-electron chi connectivity index (χ0n) is 12.9. The average molecular weight is 291 g/mol. The number of methoxy groups -OCH3 is 2. The Hall–Kier alpha value is -1.17. The summed E-state index contributed by atoms with van der Waals surface area (Å²) in [6.07, 6.45) is 4.43. The van der Waals surface area contributed by atoms with E-state index in [0.29, 0.717) is 6.04 Å². The molecular weight excluding hydrogens is 266 g/mol. The van der Waals surface area contributed by atoms with E-state index in [1.54, 1.807) is 14.2 Å². The van der Waals surface area contributed by atoms with E-state index in [9.17, 15) is 0 Å². The molecule has 2 aliphatic heterocycles. The van der Waals surface area contributed by atoms with Crippen LogP contribution in [0.4, 0.5) is 5.82 Å². The van der Waals surface area contributed by atoms with Crippen molar-refractivity contribution >= 4 is 5.82 Å². The topological polar surface area (TPSA) is 55.4 Å². The molecule has 2 aliphatic rings. The molecule has 1 fully saturated rings. The fraction of sp³-hybridized carbons (Fsp3) is 0.688. The van der Waals surface area contributed by atoms with Crippen molar-refractivity contribution in [1.82, 2.24) is 10.3 Å². The highest BCUT2D eigenvalue weighted by Gasteiger charge is 2.28. The first kappa shape index (κ1) is 14.8. The SMILES string of the molecule is COC(OC)c1ccc2c(n1)NC(C1CCNCC1)CC2. The number of nitrogens with one attached hydrogen (secondary N) is 2. The lowest BCUT2D eigenvalue weighted by atomic mass is 9.85. The third-order valence-corrected chi connectivity index (χ3v) is 4.67. The van der Waals surface area contributed by atoms with Gasteiger partial charge in [-0.2, -0.15) is 0 Å². The van der Waals surface area contributed by atoms with Gasteiger partial charge in [0.1, 0.15) is 5.82 Å². The highest BCUT2D eigenvalue weighted by atomic mass is 16.7. The van der Waals surface area contributed by atoms with Crippen LogP contribution in [0, 0.1) is 5.92 Å². The van der Waals surface area contributed by atoms with E-state index in [4.69, 9.17) is 14.5 Å². The molecule has 3 heterocycles. The van der Waals surface area contributed by atoms with E-state index in [-0.39, 0.29) is 0 Å². The maximum absolute atomic E-state index is 5.30. The molecule has 0 bridgehead atoms. The van der Waals surface area contributed by atoms with Crippen LogP contribution in [0.5, 0.6) is 0 Å². The summed E-state index contributed by atoms with van der Waals surface area (Å²) < 4.78 is 10.6. The van der Waals surface area contributed by atoms with E-state index >= 15 is 0 Å². The van der Waals surface area contributed by atoms with Gasteiger partial charge in [-0.3, -0.25) is 0 Å². The summed E-state index contributed by atoms with van der Waals surface area (Å²) in [6, 6.07) is 4.70. The molecule has 0 aromatic carbocycles. The predicted octanol–water partition coefficient (Wildman–Crippen LogP) is 2.10. The molecule has 1 aromatic heterocycles. The van der Waals surface area contributed by atoms with Crippen molar-refractivity contribution in [2.24, 2.45) is 5.92 Å². The molecule has 0 amide bonds. The van der Waals surface area contributed by atoms with Crippen LogP contribution >= 0.6 is 0 Å². The first-order chi connectivity index (χ1) is 10.3. The average Bonchev–Trinajstić information content (AvgIpc) is 2.56. The Labute approximate surface area is 126 Å². The monoisotopic (exact) mass is 291 g/mol. The van der Waals surface area contributed by atoms with E-state index < -0.39 is 6.29 Å². The molecule has 0 aliphatic carbocycles. The lowest BCUT2D eigenvalue weighted by Crippen LogP contribution is -2.40. The van der Waals surface area contributed by atoms with Crippen LogP contribution in [0.25, 0.3) is 0 Å². The number of fused-ring (bicyclic) bond motifs is 1. The third-order valence-electron chi connectivity index (χ3n) is 4.67. The summed E-state index contributed by atoms with van der Waals surface area (Å²) >= 11 is 0. The zero-order valence-corrected chi connectivity index (χ0v) is 12.9. The molecule has 1 aromatic rings. The number of ether oxygens (including phenoxy) is 2. The number of anilines is 1. The molecule has 0 saturated carbocycles. The van der Waals surface area contributed by atoms with E-state index in [2.05, 4.69) is 16.7 Å². The standard InChI is InChI=1S/C16H25N3O2/c1-20-16(21-2)14-6-4-12-3-5-13(18-15(12)19-14)11-7-9-17-10-8-11/h4,6,11,13,16-17H,3,5,7-10H2,1-2H3,(H,18,19). The third kappa shape index (κ3) is 3.20. The highest BCUT2D eigenvalue weighted by Crippen LogP contribution is 2.31. The van der Waals surface area contributed by atoms with Gasteiger partial charge in [-0.1, -0.05) is 6.07 Å². The fourth-order valence-corrected chi connectivity index (χ4v) is 3.46. The van der Waals surface area contributed by atoms with Gasteiger partial charge in [-0.15, -0.1) is 0 Å². The van der Waals surface area contributed by atoms with Crippen LogP contribution < -0.4 is 10.6 Å². The van der Waals surface area contributed by atoms with Gasteiger partial charge in [0.2, 0.25) is 6.29 Å². The molecule has 0 spiro atoms. The van der Waals surface area contributed by atoms with Gasteiger partial charge in [-0.05, 0) is 56.3 Å². The van der Waals surface area contributed by atoms with Gasteiger partial charge in [0.15, 0.2) is 0 Å². The van der Waals surface area contributed by atoms with E-state index in [1.807, 2.05) is 6.07 Å². The molecule has 116 valence electrons. The second-order valence-electron chi connectivity index (χ2n) is 5.92. The first-order valence-electron chi connectivity index (χ1n) is 7.84. The molecule has 5 heteroatoms. The molecule has 3 rings (SSSR count). The highest BCUT2D eigenvalue weighted by molar-refractivity contribution is 5.48. The normalized spacial score (nSPS) is 22.9. The molecule has 1 unspecified atom stereocenters. The fourth-order valence-electron chi connectivity index (χ4n) is 3.46. The Bertz CT molecular complexity index is 471. The van der Waals surface area contributed by atoms with Crippen LogP contribution in [0.15, 0.2) is 12.1 Å². The summed E-state index contributed by atoms with van der Waals surface area (Å²) in [5.41, 5.74) is 2.13. The Kier molecular flexibility index (Phi) is 4.73. The van der Waals surface area contributed by atoms with Gasteiger partial charge in [0, 0.05) is 20.3 Å². The molecule has 1 atom stereocenters. The molecule has 21 heavy (non-hydrogen) atoms. The van der Waals surface area contributed by atoms with Gasteiger partial charge >= 0.3 is 0 Å². The van der Waals surface area contributed by atoms with Crippen LogP contribution in [0.2, 0.25) is 0 Å². The van der Waals surface area contributed by atoms with Gasteiger partial charge < -0.3 is 20.1 Å². The Morgan fingerprint density at radius 1 is 1.14 bits per heavy atom. The zero-order chi connectivity index (χ0) is 14.7.